The monoisotopic (exact) mass is 400 g/mol. The molecule has 1 aromatic heterocycles. The van der Waals surface area contributed by atoms with Crippen molar-refractivity contribution in [1.82, 2.24) is 9.71 Å². The zero-order chi connectivity index (χ0) is 19.3. The van der Waals surface area contributed by atoms with Gasteiger partial charge >= 0.3 is 0 Å². The molecule has 3 rings (SSSR count). The van der Waals surface area contributed by atoms with Gasteiger partial charge in [-0.3, -0.25) is 9.78 Å². The smallest absolute Gasteiger partial charge is 0.240 e. The molecule has 3 aromatic rings. The number of sulfonamides is 1. The fourth-order valence-corrected chi connectivity index (χ4v) is 3.72. The van der Waals surface area contributed by atoms with Crippen molar-refractivity contribution in [2.45, 2.75) is 11.3 Å². The summed E-state index contributed by atoms with van der Waals surface area (Å²) in [5, 5.41) is 0.476. The van der Waals surface area contributed by atoms with E-state index < -0.39 is 10.0 Å². The van der Waals surface area contributed by atoms with Gasteiger partial charge in [-0.1, -0.05) is 29.8 Å². The van der Waals surface area contributed by atoms with Gasteiger partial charge < -0.3 is 0 Å². The number of carbonyl (C=O) groups is 1. The van der Waals surface area contributed by atoms with Crippen LogP contribution in [0.2, 0.25) is 5.02 Å². The number of hydrogen-bond donors (Lipinski definition) is 1. The van der Waals surface area contributed by atoms with Gasteiger partial charge in [-0.25, -0.2) is 13.1 Å². The standard InChI is InChI=1S/C20H17ClN2O3S/c21-18-6-8-19(9-7-18)27(25,26)23-12-10-15-3-1-4-16(13-15)20(24)17-5-2-11-22-14-17/h1-9,11,13-14,23H,10,12H2. The third-order valence-electron chi connectivity index (χ3n) is 3.94. The summed E-state index contributed by atoms with van der Waals surface area (Å²) >= 11 is 5.78. The van der Waals surface area contributed by atoms with Gasteiger partial charge in [0.2, 0.25) is 10.0 Å². The van der Waals surface area contributed by atoms with Crippen molar-refractivity contribution >= 4 is 27.4 Å². The Bertz CT molecular complexity index is 1040. The summed E-state index contributed by atoms with van der Waals surface area (Å²) in [5.41, 5.74) is 1.92. The fourth-order valence-electron chi connectivity index (χ4n) is 2.56. The number of benzene rings is 2. The lowest BCUT2D eigenvalue weighted by Crippen LogP contribution is -2.26. The first kappa shape index (κ1) is 19.2. The molecule has 0 atom stereocenters. The summed E-state index contributed by atoms with van der Waals surface area (Å²) < 4.78 is 27.1. The number of carbonyl (C=O) groups excluding carboxylic acids is 1. The Kier molecular flexibility index (Phi) is 6.01. The van der Waals surface area contributed by atoms with Gasteiger partial charge in [0, 0.05) is 35.1 Å². The number of nitrogens with zero attached hydrogens (tertiary/aromatic N) is 1. The molecule has 0 saturated heterocycles. The first-order valence-electron chi connectivity index (χ1n) is 8.24. The minimum Gasteiger partial charge on any atom is -0.289 e. The van der Waals surface area contributed by atoms with Crippen LogP contribution in [-0.4, -0.2) is 25.7 Å². The lowest BCUT2D eigenvalue weighted by atomic mass is 10.0. The zero-order valence-electron chi connectivity index (χ0n) is 14.3. The Balaban J connectivity index is 1.65. The quantitative estimate of drug-likeness (QED) is 0.616. The van der Waals surface area contributed by atoms with Crippen molar-refractivity contribution in [3.8, 4) is 0 Å². The van der Waals surface area contributed by atoms with E-state index in [4.69, 9.17) is 11.6 Å². The molecule has 0 spiro atoms. The van der Waals surface area contributed by atoms with Crippen molar-refractivity contribution in [3.63, 3.8) is 0 Å². The molecule has 0 radical (unpaired) electrons. The van der Waals surface area contributed by atoms with E-state index in [1.54, 1.807) is 36.5 Å². The van der Waals surface area contributed by atoms with Crippen LogP contribution < -0.4 is 4.72 Å². The molecule has 2 aromatic carbocycles. The lowest BCUT2D eigenvalue weighted by Gasteiger charge is -2.08. The topological polar surface area (TPSA) is 76.1 Å². The van der Waals surface area contributed by atoms with Crippen molar-refractivity contribution in [2.24, 2.45) is 0 Å². The molecule has 0 bridgehead atoms. The van der Waals surface area contributed by atoms with Crippen LogP contribution in [0.15, 0.2) is 78.0 Å². The molecule has 1 heterocycles. The molecule has 0 amide bonds. The predicted octanol–water partition coefficient (Wildman–Crippen LogP) is 3.49. The number of hydrogen-bond acceptors (Lipinski definition) is 4. The van der Waals surface area contributed by atoms with Gasteiger partial charge in [0.15, 0.2) is 5.78 Å². The predicted molar refractivity (Wildman–Crippen MR) is 104 cm³/mol. The Morgan fingerprint density at radius 2 is 1.74 bits per heavy atom. The molecule has 0 saturated carbocycles. The van der Waals surface area contributed by atoms with Gasteiger partial charge in [-0.2, -0.15) is 0 Å². The van der Waals surface area contributed by atoms with E-state index >= 15 is 0 Å². The van der Waals surface area contributed by atoms with Gasteiger partial charge in [-0.15, -0.1) is 0 Å². The van der Waals surface area contributed by atoms with Crippen LogP contribution in [0.3, 0.4) is 0 Å². The minimum absolute atomic E-state index is 0.119. The first-order chi connectivity index (χ1) is 13.0. The van der Waals surface area contributed by atoms with E-state index in [0.29, 0.717) is 22.6 Å². The third kappa shape index (κ3) is 5.01. The van der Waals surface area contributed by atoms with E-state index in [-0.39, 0.29) is 17.2 Å². The van der Waals surface area contributed by atoms with E-state index in [0.717, 1.165) is 5.56 Å². The van der Waals surface area contributed by atoms with Crippen molar-refractivity contribution in [1.29, 1.82) is 0 Å². The van der Waals surface area contributed by atoms with Crippen LogP contribution in [0.4, 0.5) is 0 Å². The fraction of sp³-hybridized carbons (Fsp3) is 0.100. The summed E-state index contributed by atoms with van der Waals surface area (Å²) in [4.78, 5) is 16.6. The summed E-state index contributed by atoms with van der Waals surface area (Å²) in [5.74, 6) is -0.119. The maximum Gasteiger partial charge on any atom is 0.240 e. The first-order valence-corrected chi connectivity index (χ1v) is 10.1. The van der Waals surface area contributed by atoms with E-state index in [1.807, 2.05) is 6.07 Å². The van der Waals surface area contributed by atoms with Gasteiger partial charge in [-0.05, 0) is 54.4 Å². The highest BCUT2D eigenvalue weighted by molar-refractivity contribution is 7.89. The Morgan fingerprint density at radius 3 is 2.44 bits per heavy atom. The van der Waals surface area contributed by atoms with Crippen LogP contribution in [0.1, 0.15) is 21.5 Å². The highest BCUT2D eigenvalue weighted by atomic mass is 35.5. The number of aromatic nitrogens is 1. The van der Waals surface area contributed by atoms with E-state index in [1.165, 1.54) is 30.5 Å². The van der Waals surface area contributed by atoms with Crippen LogP contribution in [0.25, 0.3) is 0 Å². The third-order valence-corrected chi connectivity index (χ3v) is 5.67. The number of rotatable bonds is 7. The molecule has 5 nitrogen and oxygen atoms in total. The van der Waals surface area contributed by atoms with Crippen LogP contribution in [0.5, 0.6) is 0 Å². The van der Waals surface area contributed by atoms with Gasteiger partial charge in [0.1, 0.15) is 0 Å². The molecule has 0 fully saturated rings. The number of ketones is 1. The molecule has 1 N–H and O–H groups in total. The summed E-state index contributed by atoms with van der Waals surface area (Å²) in [7, 11) is -3.60. The highest BCUT2D eigenvalue weighted by Crippen LogP contribution is 2.14. The SMILES string of the molecule is O=C(c1cccnc1)c1cccc(CCNS(=O)(=O)c2ccc(Cl)cc2)c1. The van der Waals surface area contributed by atoms with Crippen LogP contribution in [0, 0.1) is 0 Å². The molecule has 27 heavy (non-hydrogen) atoms. The van der Waals surface area contributed by atoms with Crippen molar-refractivity contribution in [3.05, 3.63) is 94.8 Å². The van der Waals surface area contributed by atoms with E-state index in [2.05, 4.69) is 9.71 Å². The van der Waals surface area contributed by atoms with Crippen molar-refractivity contribution < 1.29 is 13.2 Å². The maximum absolute atomic E-state index is 12.5. The largest absolute Gasteiger partial charge is 0.289 e. The Morgan fingerprint density at radius 1 is 1.00 bits per heavy atom. The Labute approximate surface area is 163 Å². The highest BCUT2D eigenvalue weighted by Gasteiger charge is 2.13. The molecule has 138 valence electrons. The van der Waals surface area contributed by atoms with Gasteiger partial charge in [0.25, 0.3) is 0 Å². The number of pyridine rings is 1. The molecular weight excluding hydrogens is 384 g/mol. The normalized spacial score (nSPS) is 11.3. The van der Waals surface area contributed by atoms with Crippen molar-refractivity contribution in [2.75, 3.05) is 6.54 Å². The zero-order valence-corrected chi connectivity index (χ0v) is 15.9. The second-order valence-corrected chi connectivity index (χ2v) is 8.08. The van der Waals surface area contributed by atoms with Crippen LogP contribution in [-0.2, 0) is 16.4 Å². The average Bonchev–Trinajstić information content (AvgIpc) is 2.68. The average molecular weight is 401 g/mol. The number of halogens is 1. The molecular formula is C20H17ClN2O3S. The lowest BCUT2D eigenvalue weighted by molar-refractivity contribution is 0.103. The molecule has 0 aliphatic carbocycles. The summed E-state index contributed by atoms with van der Waals surface area (Å²) in [6.07, 6.45) is 3.59. The minimum atomic E-state index is -3.60. The second-order valence-electron chi connectivity index (χ2n) is 5.87. The summed E-state index contributed by atoms with van der Waals surface area (Å²) in [6.45, 7) is 0.218. The maximum atomic E-state index is 12.5. The number of nitrogens with one attached hydrogen (secondary N) is 1. The van der Waals surface area contributed by atoms with Gasteiger partial charge in [0.05, 0.1) is 4.90 Å². The summed E-state index contributed by atoms with van der Waals surface area (Å²) in [6, 6.07) is 16.5. The second kappa shape index (κ2) is 8.43. The Hall–Kier alpha value is -2.54. The van der Waals surface area contributed by atoms with Crippen LogP contribution >= 0.6 is 11.6 Å². The molecule has 0 unspecified atom stereocenters. The molecule has 0 aliphatic rings. The molecule has 7 heteroatoms. The van der Waals surface area contributed by atoms with E-state index in [9.17, 15) is 13.2 Å². The molecule has 0 aliphatic heterocycles.